The van der Waals surface area contributed by atoms with E-state index >= 15 is 0 Å². The molecule has 0 aliphatic rings. The molecule has 19 heavy (non-hydrogen) atoms. The minimum atomic E-state index is 0.663. The van der Waals surface area contributed by atoms with Gasteiger partial charge in [-0.15, -0.1) is 0 Å². The van der Waals surface area contributed by atoms with Crippen molar-refractivity contribution >= 4 is 0 Å². The van der Waals surface area contributed by atoms with Gasteiger partial charge in [0.1, 0.15) is 5.82 Å². The lowest BCUT2D eigenvalue weighted by Crippen LogP contribution is -2.22. The van der Waals surface area contributed by atoms with Gasteiger partial charge in [0.2, 0.25) is 0 Å². The second-order valence-corrected chi connectivity index (χ2v) is 4.52. The monoisotopic (exact) mass is 267 g/mol. The van der Waals surface area contributed by atoms with Gasteiger partial charge in [0, 0.05) is 38.6 Å². The summed E-state index contributed by atoms with van der Waals surface area (Å²) < 4.78 is 10.1. The first-order valence-electron chi connectivity index (χ1n) is 6.70. The SMILES string of the molecule is COCCNCCc1c(C)nc(CCOC)nc1C. The Morgan fingerprint density at radius 3 is 2.11 bits per heavy atom. The molecule has 1 N–H and O–H groups in total. The van der Waals surface area contributed by atoms with Crippen LogP contribution in [0.2, 0.25) is 0 Å². The quantitative estimate of drug-likeness (QED) is 0.678. The van der Waals surface area contributed by atoms with Crippen molar-refractivity contribution < 1.29 is 9.47 Å². The molecule has 0 radical (unpaired) electrons. The first-order valence-corrected chi connectivity index (χ1v) is 6.70. The highest BCUT2D eigenvalue weighted by atomic mass is 16.5. The third kappa shape index (κ3) is 5.63. The Morgan fingerprint density at radius 2 is 1.53 bits per heavy atom. The lowest BCUT2D eigenvalue weighted by atomic mass is 10.1. The van der Waals surface area contributed by atoms with Gasteiger partial charge in [0.15, 0.2) is 0 Å². The Morgan fingerprint density at radius 1 is 0.895 bits per heavy atom. The summed E-state index contributed by atoms with van der Waals surface area (Å²) in [4.78, 5) is 9.09. The summed E-state index contributed by atoms with van der Waals surface area (Å²) in [6.45, 7) is 7.30. The molecule has 0 aliphatic heterocycles. The summed E-state index contributed by atoms with van der Waals surface area (Å²) in [6, 6.07) is 0. The second-order valence-electron chi connectivity index (χ2n) is 4.52. The van der Waals surface area contributed by atoms with Crippen LogP contribution in [0.4, 0.5) is 0 Å². The maximum Gasteiger partial charge on any atom is 0.131 e. The number of methoxy groups -OCH3 is 2. The number of nitrogens with one attached hydrogen (secondary N) is 1. The molecule has 0 aromatic carbocycles. The first kappa shape index (κ1) is 16.0. The summed E-state index contributed by atoms with van der Waals surface area (Å²) >= 11 is 0. The predicted octanol–water partition coefficient (Wildman–Crippen LogP) is 1.06. The molecular weight excluding hydrogens is 242 g/mol. The Balaban J connectivity index is 2.53. The molecule has 0 bridgehead atoms. The molecule has 1 rings (SSSR count). The molecule has 0 saturated carbocycles. The Hall–Kier alpha value is -1.04. The van der Waals surface area contributed by atoms with Gasteiger partial charge in [-0.05, 0) is 32.4 Å². The van der Waals surface area contributed by atoms with Crippen molar-refractivity contribution in [3.05, 3.63) is 22.8 Å². The van der Waals surface area contributed by atoms with Gasteiger partial charge in [-0.2, -0.15) is 0 Å². The van der Waals surface area contributed by atoms with Crippen molar-refractivity contribution in [3.63, 3.8) is 0 Å². The van der Waals surface area contributed by atoms with Gasteiger partial charge < -0.3 is 14.8 Å². The van der Waals surface area contributed by atoms with Crippen LogP contribution >= 0.6 is 0 Å². The number of rotatable bonds is 9. The van der Waals surface area contributed by atoms with Crippen molar-refractivity contribution in [2.45, 2.75) is 26.7 Å². The van der Waals surface area contributed by atoms with Gasteiger partial charge in [-0.1, -0.05) is 0 Å². The summed E-state index contributed by atoms with van der Waals surface area (Å²) in [5, 5.41) is 3.34. The number of hydrogen-bond acceptors (Lipinski definition) is 5. The maximum absolute atomic E-state index is 5.06. The van der Waals surface area contributed by atoms with Crippen molar-refractivity contribution in [1.29, 1.82) is 0 Å². The molecule has 0 atom stereocenters. The number of aryl methyl sites for hydroxylation is 2. The van der Waals surface area contributed by atoms with Crippen LogP contribution in [0.3, 0.4) is 0 Å². The van der Waals surface area contributed by atoms with Gasteiger partial charge in [0.05, 0.1) is 13.2 Å². The van der Waals surface area contributed by atoms with E-state index in [0.29, 0.717) is 6.61 Å². The van der Waals surface area contributed by atoms with E-state index in [4.69, 9.17) is 9.47 Å². The van der Waals surface area contributed by atoms with Crippen molar-refractivity contribution in [2.75, 3.05) is 40.5 Å². The van der Waals surface area contributed by atoms with E-state index in [9.17, 15) is 0 Å². The molecule has 0 unspecified atom stereocenters. The molecule has 0 saturated heterocycles. The lowest BCUT2D eigenvalue weighted by Gasteiger charge is -2.11. The summed E-state index contributed by atoms with van der Waals surface area (Å²) in [6.07, 6.45) is 1.72. The Kier molecular flexibility index (Phi) is 7.55. The van der Waals surface area contributed by atoms with Crippen molar-refractivity contribution in [2.24, 2.45) is 0 Å². The summed E-state index contributed by atoms with van der Waals surface area (Å²) in [5.74, 6) is 0.868. The highest BCUT2D eigenvalue weighted by molar-refractivity contribution is 5.24. The fourth-order valence-electron chi connectivity index (χ4n) is 1.99. The Labute approximate surface area is 115 Å². The van der Waals surface area contributed by atoms with E-state index in [0.717, 1.165) is 49.8 Å². The first-order chi connectivity index (χ1) is 9.19. The van der Waals surface area contributed by atoms with Gasteiger partial charge >= 0.3 is 0 Å². The lowest BCUT2D eigenvalue weighted by molar-refractivity contribution is 0.199. The standard InChI is InChI=1S/C14H25N3O2/c1-11-13(5-7-15-8-10-19-4)12(2)17-14(16-11)6-9-18-3/h15H,5-10H2,1-4H3. The predicted molar refractivity (Wildman–Crippen MR) is 75.5 cm³/mol. The van der Waals surface area contributed by atoms with E-state index in [2.05, 4.69) is 29.1 Å². The molecule has 1 aromatic rings. The molecule has 1 aromatic heterocycles. The maximum atomic E-state index is 5.06. The number of nitrogens with zero attached hydrogens (tertiary/aromatic N) is 2. The van der Waals surface area contributed by atoms with Crippen molar-refractivity contribution in [3.8, 4) is 0 Å². The van der Waals surface area contributed by atoms with Gasteiger partial charge in [-0.3, -0.25) is 0 Å². The van der Waals surface area contributed by atoms with Gasteiger partial charge in [-0.25, -0.2) is 9.97 Å². The minimum absolute atomic E-state index is 0.663. The van der Waals surface area contributed by atoms with Crippen LogP contribution in [0.15, 0.2) is 0 Å². The minimum Gasteiger partial charge on any atom is -0.384 e. The zero-order valence-corrected chi connectivity index (χ0v) is 12.5. The second kappa shape index (κ2) is 8.96. The highest BCUT2D eigenvalue weighted by Gasteiger charge is 2.08. The van der Waals surface area contributed by atoms with Crippen LogP contribution in [0.1, 0.15) is 22.8 Å². The summed E-state index contributed by atoms with van der Waals surface area (Å²) in [5.41, 5.74) is 3.39. The van der Waals surface area contributed by atoms with Crippen LogP contribution in [-0.2, 0) is 22.3 Å². The molecule has 5 nitrogen and oxygen atoms in total. The van der Waals surface area contributed by atoms with Crippen LogP contribution in [0.25, 0.3) is 0 Å². The number of hydrogen-bond donors (Lipinski definition) is 1. The molecule has 1 heterocycles. The van der Waals surface area contributed by atoms with E-state index in [1.165, 1.54) is 5.56 Å². The van der Waals surface area contributed by atoms with Crippen molar-refractivity contribution in [1.82, 2.24) is 15.3 Å². The van der Waals surface area contributed by atoms with Crippen LogP contribution in [0, 0.1) is 13.8 Å². The zero-order valence-electron chi connectivity index (χ0n) is 12.5. The smallest absolute Gasteiger partial charge is 0.131 e. The summed E-state index contributed by atoms with van der Waals surface area (Å²) in [7, 11) is 3.41. The molecular formula is C14H25N3O2. The fourth-order valence-corrected chi connectivity index (χ4v) is 1.99. The zero-order chi connectivity index (χ0) is 14.1. The average molecular weight is 267 g/mol. The molecule has 108 valence electrons. The Bertz CT molecular complexity index is 360. The number of ether oxygens (including phenoxy) is 2. The molecule has 0 fully saturated rings. The molecule has 5 heteroatoms. The van der Waals surface area contributed by atoms with E-state index in [-0.39, 0.29) is 0 Å². The van der Waals surface area contributed by atoms with Gasteiger partial charge in [0.25, 0.3) is 0 Å². The third-order valence-corrected chi connectivity index (χ3v) is 3.03. The molecule has 0 spiro atoms. The normalized spacial score (nSPS) is 10.9. The topological polar surface area (TPSA) is 56.3 Å². The van der Waals surface area contributed by atoms with Crippen LogP contribution in [-0.4, -0.2) is 50.5 Å². The highest BCUT2D eigenvalue weighted by Crippen LogP contribution is 2.11. The van der Waals surface area contributed by atoms with E-state index < -0.39 is 0 Å². The van der Waals surface area contributed by atoms with E-state index in [1.54, 1.807) is 14.2 Å². The molecule has 0 aliphatic carbocycles. The largest absolute Gasteiger partial charge is 0.384 e. The third-order valence-electron chi connectivity index (χ3n) is 3.03. The fraction of sp³-hybridized carbons (Fsp3) is 0.714. The molecule has 0 amide bonds. The van der Waals surface area contributed by atoms with Crippen LogP contribution < -0.4 is 5.32 Å². The number of aromatic nitrogens is 2. The van der Waals surface area contributed by atoms with Crippen LogP contribution in [0.5, 0.6) is 0 Å². The van der Waals surface area contributed by atoms with E-state index in [1.807, 2.05) is 0 Å². The average Bonchev–Trinajstić information content (AvgIpc) is 2.38.